The highest BCUT2D eigenvalue weighted by Gasteiger charge is 2.34. The zero-order valence-corrected chi connectivity index (χ0v) is 26.5. The molecule has 0 saturated carbocycles. The molecule has 6 nitrogen and oxygen atoms in total. The van der Waals surface area contributed by atoms with Gasteiger partial charge < -0.3 is 11.1 Å². The Labute approximate surface area is 280 Å². The number of aromatic nitrogens is 4. The number of para-hydroxylation sites is 2. The van der Waals surface area contributed by atoms with Crippen LogP contribution in [0.4, 0.5) is 40.9 Å². The van der Waals surface area contributed by atoms with E-state index in [9.17, 15) is 35.1 Å². The number of hydrogen-bond donors (Lipinski definition) is 2. The highest BCUT2D eigenvalue weighted by atomic mass is 35.5. The standard InChI is InChI=1S/C17H13F4N3.C9H7ClN2.C8H7F4N/c1-10-23-15-5-3-2-4-13(15)16(24-10)22-9-11-6-7-12(18)8-14(11)17(19,20)21;1-6-11-8-5-3-2-4-7(8)9(10)12-6;9-6-2-1-5(4-13)7(3-6)8(10,11)12/h2-8H,9H2,1H3,(H,22,23,24);2-5H,1H3;1-3H,4,13H2. The van der Waals surface area contributed by atoms with Crippen molar-refractivity contribution in [2.75, 3.05) is 5.32 Å². The second-order valence-corrected chi connectivity index (χ2v) is 10.7. The Bertz CT molecular complexity index is 2070. The quantitative estimate of drug-likeness (QED) is 0.140. The smallest absolute Gasteiger partial charge is 0.365 e. The number of nitrogens with zero attached hydrogens (tertiary/aromatic N) is 4. The maximum atomic E-state index is 13.2. The maximum Gasteiger partial charge on any atom is 0.416 e. The van der Waals surface area contributed by atoms with Gasteiger partial charge in [0.15, 0.2) is 0 Å². The third kappa shape index (κ3) is 9.80. The summed E-state index contributed by atoms with van der Waals surface area (Å²) in [5, 5.41) is 5.04. The van der Waals surface area contributed by atoms with Crippen LogP contribution in [0.15, 0.2) is 84.9 Å². The van der Waals surface area contributed by atoms with Gasteiger partial charge in [0.05, 0.1) is 22.2 Å². The molecule has 6 rings (SSSR count). The van der Waals surface area contributed by atoms with E-state index in [0.29, 0.717) is 45.7 Å². The summed E-state index contributed by atoms with van der Waals surface area (Å²) in [4.78, 5) is 16.8. The Morgan fingerprint density at radius 3 is 1.65 bits per heavy atom. The molecule has 0 aliphatic rings. The third-order valence-corrected chi connectivity index (χ3v) is 7.09. The van der Waals surface area contributed by atoms with Crippen LogP contribution in [0.2, 0.25) is 5.15 Å². The molecule has 15 heteroatoms. The average Bonchev–Trinajstić information content (AvgIpc) is 3.03. The van der Waals surface area contributed by atoms with E-state index < -0.39 is 35.1 Å². The van der Waals surface area contributed by atoms with E-state index in [1.54, 1.807) is 25.1 Å². The Kier molecular flexibility index (Phi) is 11.7. The first-order chi connectivity index (χ1) is 23.1. The molecule has 0 saturated heterocycles. The maximum absolute atomic E-state index is 13.2. The zero-order chi connectivity index (χ0) is 35.9. The summed E-state index contributed by atoms with van der Waals surface area (Å²) >= 11 is 5.91. The SMILES string of the molecule is Cc1nc(Cl)c2ccccc2n1.Cc1nc(NCc2ccc(F)cc2C(F)(F)F)c2ccccc2n1.NCc1ccc(F)cc1C(F)(F)F. The molecule has 0 amide bonds. The van der Waals surface area contributed by atoms with Crippen LogP contribution in [0.3, 0.4) is 0 Å². The number of alkyl halides is 6. The summed E-state index contributed by atoms with van der Waals surface area (Å²) < 4.78 is 101. The number of nitrogens with two attached hydrogens (primary N) is 1. The van der Waals surface area contributed by atoms with E-state index >= 15 is 0 Å². The van der Waals surface area contributed by atoms with Crippen molar-refractivity contribution in [3.05, 3.63) is 136 Å². The molecule has 2 heterocycles. The number of hydrogen-bond acceptors (Lipinski definition) is 6. The highest BCUT2D eigenvalue weighted by Crippen LogP contribution is 2.34. The fourth-order valence-electron chi connectivity index (χ4n) is 4.61. The van der Waals surface area contributed by atoms with Gasteiger partial charge in [-0.3, -0.25) is 0 Å². The lowest BCUT2D eigenvalue weighted by molar-refractivity contribution is -0.139. The monoisotopic (exact) mass is 706 g/mol. The molecule has 2 aromatic heterocycles. The lowest BCUT2D eigenvalue weighted by atomic mass is 10.1. The van der Waals surface area contributed by atoms with Crippen molar-refractivity contribution >= 4 is 39.2 Å². The molecule has 0 radical (unpaired) electrons. The van der Waals surface area contributed by atoms with Gasteiger partial charge in [-0.1, -0.05) is 48.0 Å². The van der Waals surface area contributed by atoms with E-state index in [4.69, 9.17) is 17.3 Å². The van der Waals surface area contributed by atoms with Crippen molar-refractivity contribution < 1.29 is 35.1 Å². The summed E-state index contributed by atoms with van der Waals surface area (Å²) in [6.45, 7) is 3.15. The molecular weight excluding hydrogens is 680 g/mol. The number of nitrogens with one attached hydrogen (secondary N) is 1. The minimum atomic E-state index is -4.62. The van der Waals surface area contributed by atoms with Gasteiger partial charge in [-0.2, -0.15) is 26.3 Å². The summed E-state index contributed by atoms with van der Waals surface area (Å²) in [6.07, 6.45) is -9.17. The largest absolute Gasteiger partial charge is 0.416 e. The molecule has 3 N–H and O–H groups in total. The Morgan fingerprint density at radius 1 is 0.633 bits per heavy atom. The summed E-state index contributed by atoms with van der Waals surface area (Å²) in [5.41, 5.74) is 4.52. The predicted molar refractivity (Wildman–Crippen MR) is 172 cm³/mol. The molecule has 6 aromatic rings. The number of anilines is 1. The second kappa shape index (κ2) is 15.5. The predicted octanol–water partition coefficient (Wildman–Crippen LogP) is 9.60. The summed E-state index contributed by atoms with van der Waals surface area (Å²) in [7, 11) is 0. The van der Waals surface area contributed by atoms with Crippen LogP contribution in [0.5, 0.6) is 0 Å². The van der Waals surface area contributed by atoms with E-state index in [-0.39, 0.29) is 24.2 Å². The number of fused-ring (bicyclic) bond motifs is 2. The van der Waals surface area contributed by atoms with Gasteiger partial charge in [-0.05, 0) is 73.5 Å². The molecule has 0 fully saturated rings. The van der Waals surface area contributed by atoms with Gasteiger partial charge in [-0.25, -0.2) is 28.7 Å². The van der Waals surface area contributed by atoms with E-state index in [1.165, 1.54) is 0 Å². The minimum absolute atomic E-state index is 0.0516. The Morgan fingerprint density at radius 2 is 1.10 bits per heavy atom. The van der Waals surface area contributed by atoms with Crippen molar-refractivity contribution in [3.8, 4) is 0 Å². The fraction of sp³-hybridized carbons (Fsp3) is 0.176. The third-order valence-electron chi connectivity index (χ3n) is 6.80. The zero-order valence-electron chi connectivity index (χ0n) is 25.8. The van der Waals surface area contributed by atoms with Crippen molar-refractivity contribution in [3.63, 3.8) is 0 Å². The number of rotatable bonds is 4. The van der Waals surface area contributed by atoms with Gasteiger partial charge in [0.25, 0.3) is 0 Å². The molecule has 4 aromatic carbocycles. The fourth-order valence-corrected chi connectivity index (χ4v) is 4.89. The van der Waals surface area contributed by atoms with Crippen LogP contribution in [-0.2, 0) is 25.4 Å². The van der Waals surface area contributed by atoms with E-state index in [1.807, 2.05) is 37.3 Å². The summed E-state index contributed by atoms with van der Waals surface area (Å²) in [6, 6.07) is 20.0. The molecule has 0 atom stereocenters. The lowest BCUT2D eigenvalue weighted by Crippen LogP contribution is -2.13. The molecular formula is C34H27ClF8N6. The first-order valence-electron chi connectivity index (χ1n) is 14.3. The first-order valence-corrected chi connectivity index (χ1v) is 14.7. The van der Waals surface area contributed by atoms with Crippen LogP contribution in [-0.4, -0.2) is 19.9 Å². The average molecular weight is 707 g/mol. The number of benzene rings is 4. The van der Waals surface area contributed by atoms with E-state index in [0.717, 1.165) is 35.2 Å². The molecule has 256 valence electrons. The Hall–Kier alpha value is -4.95. The van der Waals surface area contributed by atoms with Gasteiger partial charge >= 0.3 is 12.4 Å². The molecule has 49 heavy (non-hydrogen) atoms. The van der Waals surface area contributed by atoms with Crippen molar-refractivity contribution in [1.29, 1.82) is 0 Å². The molecule has 0 aliphatic carbocycles. The van der Waals surface area contributed by atoms with Crippen LogP contribution >= 0.6 is 11.6 Å². The van der Waals surface area contributed by atoms with Crippen molar-refractivity contribution in [1.82, 2.24) is 19.9 Å². The molecule has 0 aliphatic heterocycles. The molecule has 0 spiro atoms. The Balaban J connectivity index is 0.000000182. The van der Waals surface area contributed by atoms with Crippen LogP contribution < -0.4 is 11.1 Å². The summed E-state index contributed by atoms with van der Waals surface area (Å²) in [5.74, 6) is -0.181. The minimum Gasteiger partial charge on any atom is -0.365 e. The van der Waals surface area contributed by atoms with Gasteiger partial charge in [0.1, 0.15) is 34.3 Å². The molecule has 0 bridgehead atoms. The molecule has 0 unspecified atom stereocenters. The van der Waals surface area contributed by atoms with Gasteiger partial charge in [0, 0.05) is 23.9 Å². The van der Waals surface area contributed by atoms with Gasteiger partial charge in [0.2, 0.25) is 0 Å². The van der Waals surface area contributed by atoms with Crippen molar-refractivity contribution in [2.24, 2.45) is 5.73 Å². The van der Waals surface area contributed by atoms with Crippen LogP contribution in [0, 0.1) is 25.5 Å². The first kappa shape index (κ1) is 36.9. The van der Waals surface area contributed by atoms with Gasteiger partial charge in [-0.15, -0.1) is 0 Å². The highest BCUT2D eigenvalue weighted by molar-refractivity contribution is 6.34. The van der Waals surface area contributed by atoms with E-state index in [2.05, 4.69) is 25.3 Å². The van der Waals surface area contributed by atoms with Crippen LogP contribution in [0.1, 0.15) is 33.9 Å². The van der Waals surface area contributed by atoms with Crippen molar-refractivity contribution in [2.45, 2.75) is 39.3 Å². The topological polar surface area (TPSA) is 89.6 Å². The number of halogens is 9. The normalized spacial score (nSPS) is 11.4. The lowest BCUT2D eigenvalue weighted by Gasteiger charge is -2.15. The second-order valence-electron chi connectivity index (χ2n) is 10.4. The van der Waals surface area contributed by atoms with Crippen LogP contribution in [0.25, 0.3) is 21.8 Å². The number of aryl methyl sites for hydroxylation is 2.